The predicted molar refractivity (Wildman–Crippen MR) is 138 cm³/mol. The van der Waals surface area contributed by atoms with Crippen LogP contribution < -0.4 is 26.0 Å². The molecule has 0 bridgehead atoms. The largest absolute Gasteiger partial charge is 0.496 e. The Balaban J connectivity index is 1.63. The first-order chi connectivity index (χ1) is 17.3. The van der Waals surface area contributed by atoms with Crippen molar-refractivity contribution in [2.75, 3.05) is 7.11 Å². The summed E-state index contributed by atoms with van der Waals surface area (Å²) in [6.07, 6.45) is 0. The van der Waals surface area contributed by atoms with Crippen LogP contribution in [-0.2, 0) is 6.54 Å². The summed E-state index contributed by atoms with van der Waals surface area (Å²) in [4.78, 5) is 39.7. The number of aryl methyl sites for hydroxylation is 2. The third-order valence-electron chi connectivity index (χ3n) is 5.37. The highest BCUT2D eigenvalue weighted by molar-refractivity contribution is 9.10. The van der Waals surface area contributed by atoms with Crippen LogP contribution in [-0.4, -0.2) is 27.8 Å². The molecule has 184 valence electrons. The van der Waals surface area contributed by atoms with Gasteiger partial charge in [-0.3, -0.25) is 14.6 Å². The fourth-order valence-electron chi connectivity index (χ4n) is 3.62. The molecule has 10 heteroatoms. The van der Waals surface area contributed by atoms with Gasteiger partial charge in [0.15, 0.2) is 0 Å². The highest BCUT2D eigenvalue weighted by Crippen LogP contribution is 2.34. The molecule has 3 aromatic carbocycles. The molecule has 0 saturated carbocycles. The van der Waals surface area contributed by atoms with Gasteiger partial charge in [0.25, 0.3) is 11.5 Å². The maximum absolute atomic E-state index is 12.7. The monoisotopic (exact) mass is 550 g/mol. The van der Waals surface area contributed by atoms with Gasteiger partial charge >= 0.3 is 5.69 Å². The number of methoxy groups -OCH3 is 1. The fraction of sp³-hybridized carbons (Fsp3) is 0.154. The van der Waals surface area contributed by atoms with E-state index < -0.39 is 22.9 Å². The van der Waals surface area contributed by atoms with Gasteiger partial charge in [-0.1, -0.05) is 30.3 Å². The first-order valence-corrected chi connectivity index (χ1v) is 11.7. The van der Waals surface area contributed by atoms with Crippen LogP contribution in [0.25, 0.3) is 5.69 Å². The molecule has 36 heavy (non-hydrogen) atoms. The molecule has 0 spiro atoms. The zero-order chi connectivity index (χ0) is 25.8. The molecule has 0 saturated heterocycles. The molecule has 9 nitrogen and oxygen atoms in total. The Morgan fingerprint density at radius 3 is 2.39 bits per heavy atom. The van der Waals surface area contributed by atoms with Crippen LogP contribution in [0.15, 0.2) is 74.7 Å². The molecular weight excluding hydrogens is 528 g/mol. The van der Waals surface area contributed by atoms with Crippen molar-refractivity contribution in [1.29, 1.82) is 0 Å². The summed E-state index contributed by atoms with van der Waals surface area (Å²) < 4.78 is 13.1. The topological polar surface area (TPSA) is 115 Å². The number of H-pyrrole nitrogens is 1. The summed E-state index contributed by atoms with van der Waals surface area (Å²) in [6, 6.07) is 18.0. The van der Waals surface area contributed by atoms with Crippen LogP contribution >= 0.6 is 15.9 Å². The Bertz CT molecular complexity index is 1520. The molecule has 0 aliphatic carbocycles. The van der Waals surface area contributed by atoms with Crippen LogP contribution in [0.3, 0.4) is 0 Å². The maximum Gasteiger partial charge on any atom is 0.349 e. The summed E-state index contributed by atoms with van der Waals surface area (Å²) in [7, 11) is 1.58. The summed E-state index contributed by atoms with van der Waals surface area (Å²) in [6.45, 7) is 3.87. The quantitative estimate of drug-likeness (QED) is 0.359. The van der Waals surface area contributed by atoms with Crippen molar-refractivity contribution in [3.8, 4) is 22.9 Å². The molecule has 0 radical (unpaired) electrons. The highest BCUT2D eigenvalue weighted by Gasteiger charge is 2.18. The van der Waals surface area contributed by atoms with Gasteiger partial charge < -0.3 is 14.8 Å². The maximum atomic E-state index is 12.7. The average Bonchev–Trinajstić information content (AvgIpc) is 2.85. The molecule has 4 aromatic rings. The molecule has 0 aliphatic rings. The molecule has 4 rings (SSSR count). The molecule has 0 unspecified atom stereocenters. The van der Waals surface area contributed by atoms with E-state index >= 15 is 0 Å². The highest BCUT2D eigenvalue weighted by atomic mass is 79.9. The lowest BCUT2D eigenvalue weighted by molar-refractivity contribution is 0.0942. The van der Waals surface area contributed by atoms with Crippen LogP contribution in [0, 0.1) is 13.8 Å². The Hall–Kier alpha value is -4.18. The molecule has 1 amide bonds. The Morgan fingerprint density at radius 1 is 1.06 bits per heavy atom. The van der Waals surface area contributed by atoms with E-state index in [9.17, 15) is 14.4 Å². The molecular formula is C26H23BrN4O5. The van der Waals surface area contributed by atoms with Gasteiger partial charge in [0.1, 0.15) is 17.2 Å². The van der Waals surface area contributed by atoms with Crippen LogP contribution in [0.1, 0.15) is 27.2 Å². The predicted octanol–water partition coefficient (Wildman–Crippen LogP) is 4.03. The number of hydrogen-bond donors (Lipinski definition) is 2. The van der Waals surface area contributed by atoms with Crippen molar-refractivity contribution in [2.45, 2.75) is 20.4 Å². The second-order valence-electron chi connectivity index (χ2n) is 8.00. The van der Waals surface area contributed by atoms with Gasteiger partial charge in [-0.15, -0.1) is 0 Å². The molecule has 1 heterocycles. The summed E-state index contributed by atoms with van der Waals surface area (Å²) >= 11 is 3.44. The number of amides is 1. The lowest BCUT2D eigenvalue weighted by Gasteiger charge is -2.15. The van der Waals surface area contributed by atoms with Gasteiger partial charge in [0, 0.05) is 6.54 Å². The SMILES string of the molecule is COc1ccc(Oc2c(C)cc(-n3nc(C(=O)NCc4ccccc4)c(=O)[nH]c3=O)cc2C)cc1Br. The second kappa shape index (κ2) is 10.6. The zero-order valence-corrected chi connectivity index (χ0v) is 21.4. The number of aromatic amines is 1. The first kappa shape index (κ1) is 24.9. The third-order valence-corrected chi connectivity index (χ3v) is 5.99. The number of carbonyl (C=O) groups excluding carboxylic acids is 1. The number of benzene rings is 3. The van der Waals surface area contributed by atoms with E-state index in [-0.39, 0.29) is 6.54 Å². The van der Waals surface area contributed by atoms with Crippen molar-refractivity contribution in [2.24, 2.45) is 0 Å². The first-order valence-electron chi connectivity index (χ1n) is 11.0. The standard InChI is InChI=1S/C26H23BrN4O5/c1-15-11-18(12-16(2)23(15)36-19-9-10-21(35-3)20(27)13-19)31-26(34)29-25(33)22(30-31)24(32)28-14-17-7-5-4-6-8-17/h4-13H,14H2,1-3H3,(H,28,32)(H,29,33,34). The molecule has 0 atom stereocenters. The number of halogens is 1. The second-order valence-corrected chi connectivity index (χ2v) is 8.85. The summed E-state index contributed by atoms with van der Waals surface area (Å²) in [5.74, 6) is 1.19. The van der Waals surface area contributed by atoms with Gasteiger partial charge in [-0.2, -0.15) is 9.78 Å². The molecule has 0 fully saturated rings. The smallest absolute Gasteiger partial charge is 0.349 e. The third kappa shape index (κ3) is 5.38. The Labute approximate surface area is 214 Å². The fourth-order valence-corrected chi connectivity index (χ4v) is 4.14. The average molecular weight is 551 g/mol. The van der Waals surface area contributed by atoms with E-state index in [4.69, 9.17) is 9.47 Å². The number of aromatic nitrogens is 3. The minimum absolute atomic E-state index is 0.214. The van der Waals surface area contributed by atoms with Gasteiger partial charge in [0.2, 0.25) is 5.69 Å². The van der Waals surface area contributed by atoms with Crippen molar-refractivity contribution in [3.63, 3.8) is 0 Å². The minimum atomic E-state index is -0.861. The van der Waals surface area contributed by atoms with Crippen molar-refractivity contribution in [3.05, 3.63) is 108 Å². The Morgan fingerprint density at radius 2 is 1.75 bits per heavy atom. The van der Waals surface area contributed by atoms with E-state index in [1.54, 1.807) is 37.4 Å². The molecule has 1 aromatic heterocycles. The summed E-state index contributed by atoms with van der Waals surface area (Å²) in [5, 5.41) is 6.72. The van der Waals surface area contributed by atoms with Crippen molar-refractivity contribution >= 4 is 21.8 Å². The normalized spacial score (nSPS) is 10.7. The van der Waals surface area contributed by atoms with Gasteiger partial charge in [-0.05, 0) is 76.8 Å². The van der Waals surface area contributed by atoms with Gasteiger partial charge in [-0.25, -0.2) is 4.79 Å². The number of nitrogens with zero attached hydrogens (tertiary/aromatic N) is 2. The van der Waals surface area contributed by atoms with E-state index in [0.29, 0.717) is 22.9 Å². The van der Waals surface area contributed by atoms with Crippen molar-refractivity contribution in [1.82, 2.24) is 20.1 Å². The number of nitrogens with one attached hydrogen (secondary N) is 2. The summed E-state index contributed by atoms with van der Waals surface area (Å²) in [5.41, 5.74) is 0.669. The zero-order valence-electron chi connectivity index (χ0n) is 19.8. The minimum Gasteiger partial charge on any atom is -0.496 e. The van der Waals surface area contributed by atoms with Crippen LogP contribution in [0.4, 0.5) is 0 Å². The van der Waals surface area contributed by atoms with Crippen LogP contribution in [0.5, 0.6) is 17.2 Å². The van der Waals surface area contributed by atoms with E-state index in [1.807, 2.05) is 44.2 Å². The van der Waals surface area contributed by atoms with Crippen molar-refractivity contribution < 1.29 is 14.3 Å². The lowest BCUT2D eigenvalue weighted by Crippen LogP contribution is -2.39. The van der Waals surface area contributed by atoms with Crippen LogP contribution in [0.2, 0.25) is 0 Å². The Kier molecular flexibility index (Phi) is 7.35. The van der Waals surface area contributed by atoms with E-state index in [0.717, 1.165) is 25.8 Å². The van der Waals surface area contributed by atoms with Gasteiger partial charge in [0.05, 0.1) is 17.3 Å². The number of carbonyl (C=O) groups is 1. The number of hydrogen-bond acceptors (Lipinski definition) is 6. The lowest BCUT2D eigenvalue weighted by atomic mass is 10.1. The van der Waals surface area contributed by atoms with E-state index in [1.165, 1.54) is 0 Å². The molecule has 2 N–H and O–H groups in total. The van der Waals surface area contributed by atoms with E-state index in [2.05, 4.69) is 31.3 Å². The number of ether oxygens (including phenoxy) is 2. The molecule has 0 aliphatic heterocycles. The number of rotatable bonds is 7.